The first-order chi connectivity index (χ1) is 11.7. The molecule has 1 saturated heterocycles. The predicted molar refractivity (Wildman–Crippen MR) is 78.2 cm³/mol. The van der Waals surface area contributed by atoms with Crippen molar-refractivity contribution in [2.24, 2.45) is 5.92 Å². The molecule has 2 atom stereocenters. The van der Waals surface area contributed by atoms with Crippen molar-refractivity contribution in [3.05, 3.63) is 29.3 Å². The molecule has 0 aromatic heterocycles. The summed E-state index contributed by atoms with van der Waals surface area (Å²) in [6, 6.07) is 5.29. The van der Waals surface area contributed by atoms with Crippen LogP contribution >= 0.6 is 0 Å². The van der Waals surface area contributed by atoms with Gasteiger partial charge in [-0.15, -0.1) is 0 Å². The first kappa shape index (κ1) is 18.0. The Bertz CT molecular complexity index is 774. The number of carbonyl (C=O) groups excluding carboxylic acids is 1. The second kappa shape index (κ2) is 6.50. The Morgan fingerprint density at radius 3 is 2.64 bits per heavy atom. The zero-order valence-electron chi connectivity index (χ0n) is 12.9. The van der Waals surface area contributed by atoms with Gasteiger partial charge in [0, 0.05) is 0 Å². The zero-order valence-corrected chi connectivity index (χ0v) is 13.8. The average molecular weight is 377 g/mol. The van der Waals surface area contributed by atoms with Crippen LogP contribution in [0, 0.1) is 5.92 Å². The fraction of sp³-hybridized carbons (Fsp3) is 0.533. The predicted octanol–water partition coefficient (Wildman–Crippen LogP) is 0.860. The Morgan fingerprint density at radius 2 is 2.00 bits per heavy atom. The summed E-state index contributed by atoms with van der Waals surface area (Å²) in [6.45, 7) is -0.675. The maximum absolute atomic E-state index is 13.0. The van der Waals surface area contributed by atoms with Crippen LogP contribution in [-0.2, 0) is 37.2 Å². The van der Waals surface area contributed by atoms with Crippen LogP contribution in [0.5, 0.6) is 5.75 Å². The Labute approximate surface area is 142 Å². The standard InChI is InChI=1S/C15H16F2O7S/c16-15(17,25(19,20)21)8-24-14(18)11-3-9-1-2-12(5-10(9)4-11)22-6-13-7-23-13/h1-2,5,11,13H,3-4,6-8H2,(H,19,20,21)/p-1. The van der Waals surface area contributed by atoms with Crippen LogP contribution in [0.25, 0.3) is 0 Å². The van der Waals surface area contributed by atoms with E-state index in [0.717, 1.165) is 11.1 Å². The van der Waals surface area contributed by atoms with Crippen LogP contribution in [0.1, 0.15) is 11.1 Å². The Kier molecular flexibility index (Phi) is 4.69. The molecule has 0 radical (unpaired) electrons. The molecule has 1 fully saturated rings. The van der Waals surface area contributed by atoms with E-state index in [9.17, 15) is 26.5 Å². The fourth-order valence-electron chi connectivity index (χ4n) is 2.55. The van der Waals surface area contributed by atoms with E-state index in [4.69, 9.17) is 9.47 Å². The molecule has 1 aliphatic carbocycles. The molecule has 2 aliphatic rings. The highest BCUT2D eigenvalue weighted by atomic mass is 32.2. The lowest BCUT2D eigenvalue weighted by Crippen LogP contribution is -2.36. The SMILES string of the molecule is O=C(OCC(F)(F)S(=O)(=O)[O-])C1Cc2ccc(OCC3CO3)cc2C1. The van der Waals surface area contributed by atoms with Gasteiger partial charge in [-0.05, 0) is 36.1 Å². The van der Waals surface area contributed by atoms with Gasteiger partial charge in [-0.1, -0.05) is 6.07 Å². The number of fused-ring (bicyclic) bond motifs is 1. The molecule has 0 bridgehead atoms. The number of halogens is 2. The van der Waals surface area contributed by atoms with Crippen LogP contribution in [0.3, 0.4) is 0 Å². The van der Waals surface area contributed by atoms with Crippen molar-refractivity contribution in [3.63, 3.8) is 0 Å². The summed E-state index contributed by atoms with van der Waals surface area (Å²) in [5.41, 5.74) is 1.69. The van der Waals surface area contributed by atoms with E-state index in [2.05, 4.69) is 4.74 Å². The summed E-state index contributed by atoms with van der Waals surface area (Å²) in [6.07, 6.45) is 0.659. The van der Waals surface area contributed by atoms with Gasteiger partial charge in [0.15, 0.2) is 16.7 Å². The molecule has 0 N–H and O–H groups in total. The van der Waals surface area contributed by atoms with E-state index in [1.165, 1.54) is 0 Å². The van der Waals surface area contributed by atoms with Crippen molar-refractivity contribution in [2.45, 2.75) is 24.2 Å². The highest BCUT2D eigenvalue weighted by Gasteiger charge is 2.40. The van der Waals surface area contributed by atoms with Gasteiger partial charge in [0.1, 0.15) is 18.5 Å². The maximum atomic E-state index is 13.0. The normalized spacial score (nSPS) is 22.4. The Balaban J connectivity index is 1.56. The van der Waals surface area contributed by atoms with Gasteiger partial charge >= 0.3 is 11.2 Å². The molecular weight excluding hydrogens is 362 g/mol. The van der Waals surface area contributed by atoms with Crippen molar-refractivity contribution in [1.29, 1.82) is 0 Å². The van der Waals surface area contributed by atoms with Gasteiger partial charge in [-0.25, -0.2) is 8.42 Å². The second-order valence-corrected chi connectivity index (χ2v) is 7.51. The molecule has 138 valence electrons. The molecule has 10 heteroatoms. The van der Waals surface area contributed by atoms with Gasteiger partial charge in [-0.2, -0.15) is 8.78 Å². The minimum Gasteiger partial charge on any atom is -0.743 e. The number of hydrogen-bond acceptors (Lipinski definition) is 7. The second-order valence-electron chi connectivity index (χ2n) is 6.00. The van der Waals surface area contributed by atoms with E-state index < -0.39 is 33.9 Å². The zero-order chi connectivity index (χ0) is 18.2. The molecule has 0 spiro atoms. The molecule has 1 aliphatic heterocycles. The average Bonchev–Trinajstić information content (AvgIpc) is 3.26. The van der Waals surface area contributed by atoms with E-state index in [1.807, 2.05) is 0 Å². The number of epoxide rings is 1. The Morgan fingerprint density at radius 1 is 1.32 bits per heavy atom. The van der Waals surface area contributed by atoms with Crippen LogP contribution < -0.4 is 4.74 Å². The number of ether oxygens (including phenoxy) is 3. The Hall–Kier alpha value is -1.78. The number of esters is 1. The summed E-state index contributed by atoms with van der Waals surface area (Å²) in [5, 5.41) is -4.64. The number of alkyl halides is 2. The van der Waals surface area contributed by atoms with Crippen LogP contribution in [0.4, 0.5) is 8.78 Å². The first-order valence-corrected chi connectivity index (χ1v) is 8.92. The molecule has 25 heavy (non-hydrogen) atoms. The van der Waals surface area contributed by atoms with E-state index >= 15 is 0 Å². The van der Waals surface area contributed by atoms with Crippen molar-refractivity contribution >= 4 is 16.1 Å². The molecule has 7 nitrogen and oxygen atoms in total. The van der Waals surface area contributed by atoms with Crippen molar-refractivity contribution in [2.75, 3.05) is 19.8 Å². The van der Waals surface area contributed by atoms with Gasteiger partial charge in [-0.3, -0.25) is 4.79 Å². The minimum absolute atomic E-state index is 0.106. The maximum Gasteiger partial charge on any atom is 0.367 e. The highest BCUT2D eigenvalue weighted by Crippen LogP contribution is 2.31. The lowest BCUT2D eigenvalue weighted by atomic mass is 10.1. The largest absolute Gasteiger partial charge is 0.743 e. The van der Waals surface area contributed by atoms with E-state index in [-0.39, 0.29) is 18.9 Å². The molecule has 1 heterocycles. The van der Waals surface area contributed by atoms with Gasteiger partial charge < -0.3 is 18.8 Å². The molecule has 0 saturated carbocycles. The molecule has 3 rings (SSSR count). The third kappa shape index (κ3) is 4.25. The summed E-state index contributed by atoms with van der Waals surface area (Å²) in [4.78, 5) is 11.9. The highest BCUT2D eigenvalue weighted by molar-refractivity contribution is 7.86. The number of benzene rings is 1. The number of hydrogen-bond donors (Lipinski definition) is 0. The molecule has 1 aromatic rings. The van der Waals surface area contributed by atoms with Gasteiger partial charge in [0.25, 0.3) is 0 Å². The van der Waals surface area contributed by atoms with Crippen molar-refractivity contribution < 1.29 is 40.8 Å². The summed E-state index contributed by atoms with van der Waals surface area (Å²) in [7, 11) is -5.88. The van der Waals surface area contributed by atoms with Gasteiger partial charge in [0.2, 0.25) is 0 Å². The minimum atomic E-state index is -5.88. The fourth-order valence-corrected chi connectivity index (χ4v) is 2.75. The number of rotatable bonds is 7. The monoisotopic (exact) mass is 377 g/mol. The molecule has 0 amide bonds. The third-order valence-electron chi connectivity index (χ3n) is 4.03. The quantitative estimate of drug-likeness (QED) is 0.394. The van der Waals surface area contributed by atoms with E-state index in [0.29, 0.717) is 19.0 Å². The number of carbonyl (C=O) groups is 1. The summed E-state index contributed by atoms with van der Waals surface area (Å²) in [5.74, 6) is -1.05. The third-order valence-corrected chi connectivity index (χ3v) is 4.88. The van der Waals surface area contributed by atoms with Crippen LogP contribution in [0.15, 0.2) is 18.2 Å². The first-order valence-electron chi connectivity index (χ1n) is 7.52. The molecule has 2 unspecified atom stereocenters. The topological polar surface area (TPSA) is 105 Å². The lowest BCUT2D eigenvalue weighted by molar-refractivity contribution is -0.154. The summed E-state index contributed by atoms with van der Waals surface area (Å²) >= 11 is 0. The molecular formula is C15H15F2O7S-. The summed E-state index contributed by atoms with van der Waals surface area (Å²) < 4.78 is 72.2. The molecule has 1 aromatic carbocycles. The van der Waals surface area contributed by atoms with E-state index in [1.54, 1.807) is 18.2 Å². The van der Waals surface area contributed by atoms with Crippen LogP contribution in [0.2, 0.25) is 0 Å². The smallest absolute Gasteiger partial charge is 0.367 e. The van der Waals surface area contributed by atoms with Crippen LogP contribution in [-0.4, -0.2) is 50.1 Å². The van der Waals surface area contributed by atoms with Crippen molar-refractivity contribution in [1.82, 2.24) is 0 Å². The van der Waals surface area contributed by atoms with Gasteiger partial charge in [0.05, 0.1) is 12.5 Å². The van der Waals surface area contributed by atoms with Crippen molar-refractivity contribution in [3.8, 4) is 5.75 Å². The lowest BCUT2D eigenvalue weighted by Gasteiger charge is -2.20.